The van der Waals surface area contributed by atoms with Crippen molar-refractivity contribution in [2.45, 2.75) is 25.4 Å². The van der Waals surface area contributed by atoms with Crippen LogP contribution in [-0.4, -0.2) is 28.0 Å². The Morgan fingerprint density at radius 3 is 2.93 bits per heavy atom. The van der Waals surface area contributed by atoms with Crippen LogP contribution in [0.1, 0.15) is 19.3 Å². The zero-order chi connectivity index (χ0) is 9.97. The average Bonchev–Trinajstić information content (AvgIpc) is 2.72. The van der Waals surface area contributed by atoms with Gasteiger partial charge in [-0.3, -0.25) is 0 Å². The number of hydrogen-bond donors (Lipinski definition) is 2. The maximum absolute atomic E-state index is 9.53. The van der Waals surface area contributed by atoms with Gasteiger partial charge in [0.1, 0.15) is 0 Å². The van der Waals surface area contributed by atoms with Gasteiger partial charge in [0.2, 0.25) is 5.13 Å². The van der Waals surface area contributed by atoms with Crippen molar-refractivity contribution in [2.75, 3.05) is 12.3 Å². The van der Waals surface area contributed by atoms with Crippen molar-refractivity contribution in [3.63, 3.8) is 0 Å². The number of anilines is 1. The van der Waals surface area contributed by atoms with Gasteiger partial charge in [-0.05, 0) is 24.2 Å². The minimum atomic E-state index is -0.222. The zero-order valence-corrected chi connectivity index (χ0v) is 8.54. The zero-order valence-electron chi connectivity index (χ0n) is 7.72. The number of aromatic nitrogens is 2. The Morgan fingerprint density at radius 1 is 1.50 bits per heavy atom. The number of aliphatic hydroxyl groups is 1. The highest BCUT2D eigenvalue weighted by atomic mass is 32.1. The number of nitrogens with zero attached hydrogens (tertiary/aromatic N) is 2. The van der Waals surface area contributed by atoms with Crippen LogP contribution in [0.4, 0.5) is 5.13 Å². The van der Waals surface area contributed by atoms with E-state index in [2.05, 4.69) is 10.2 Å². The van der Waals surface area contributed by atoms with Crippen LogP contribution < -0.4 is 10.5 Å². The standard InChI is InChI=1S/C8H13N3O2S/c9-7-10-11-8(14-7)13-4-5-2-1-3-6(5)12/h5-6,12H,1-4H2,(H2,9,10)/t5-,6+/m0/s1. The fourth-order valence-corrected chi connectivity index (χ4v) is 2.14. The van der Waals surface area contributed by atoms with Crippen molar-refractivity contribution in [3.8, 4) is 5.19 Å². The summed E-state index contributed by atoms with van der Waals surface area (Å²) < 4.78 is 5.39. The SMILES string of the molecule is Nc1nnc(OC[C@@H]2CCC[C@H]2O)s1. The fourth-order valence-electron chi connectivity index (χ4n) is 1.67. The van der Waals surface area contributed by atoms with E-state index in [0.717, 1.165) is 19.3 Å². The largest absolute Gasteiger partial charge is 0.469 e. The van der Waals surface area contributed by atoms with Gasteiger partial charge in [0.05, 0.1) is 12.7 Å². The normalized spacial score (nSPS) is 26.6. The molecule has 1 fully saturated rings. The molecule has 0 bridgehead atoms. The molecule has 1 saturated carbocycles. The van der Waals surface area contributed by atoms with Crippen LogP contribution in [0, 0.1) is 5.92 Å². The van der Waals surface area contributed by atoms with E-state index in [1.165, 1.54) is 11.3 Å². The van der Waals surface area contributed by atoms with E-state index in [1.54, 1.807) is 0 Å². The Hall–Kier alpha value is -0.880. The van der Waals surface area contributed by atoms with E-state index < -0.39 is 0 Å². The van der Waals surface area contributed by atoms with E-state index >= 15 is 0 Å². The molecule has 0 spiro atoms. The first-order valence-electron chi connectivity index (χ1n) is 4.65. The molecular weight excluding hydrogens is 202 g/mol. The van der Waals surface area contributed by atoms with Gasteiger partial charge in [-0.15, -0.1) is 5.10 Å². The summed E-state index contributed by atoms with van der Waals surface area (Å²) in [4.78, 5) is 0. The lowest BCUT2D eigenvalue weighted by molar-refractivity contribution is 0.0982. The summed E-state index contributed by atoms with van der Waals surface area (Å²) in [7, 11) is 0. The predicted octanol–water partition coefficient (Wildman–Crippen LogP) is 0.660. The molecule has 1 aromatic heterocycles. The van der Waals surface area contributed by atoms with Gasteiger partial charge in [-0.1, -0.05) is 11.5 Å². The quantitative estimate of drug-likeness (QED) is 0.774. The molecule has 1 aromatic rings. The molecule has 0 aromatic carbocycles. The lowest BCUT2D eigenvalue weighted by Crippen LogP contribution is -2.20. The Labute approximate surface area is 85.9 Å². The highest BCUT2D eigenvalue weighted by molar-refractivity contribution is 7.16. The Kier molecular flexibility index (Phi) is 2.83. The van der Waals surface area contributed by atoms with Gasteiger partial charge in [0, 0.05) is 5.92 Å². The maximum atomic E-state index is 9.53. The molecule has 1 aliphatic rings. The molecule has 0 radical (unpaired) electrons. The molecular formula is C8H13N3O2S. The molecule has 2 atom stereocenters. The third kappa shape index (κ3) is 2.13. The molecule has 2 rings (SSSR count). The lowest BCUT2D eigenvalue weighted by atomic mass is 10.1. The first-order valence-corrected chi connectivity index (χ1v) is 5.47. The number of hydrogen-bond acceptors (Lipinski definition) is 6. The number of ether oxygens (including phenoxy) is 1. The van der Waals surface area contributed by atoms with Crippen molar-refractivity contribution >= 4 is 16.5 Å². The maximum Gasteiger partial charge on any atom is 0.295 e. The molecule has 5 nitrogen and oxygen atoms in total. The van der Waals surface area contributed by atoms with E-state index in [4.69, 9.17) is 10.5 Å². The van der Waals surface area contributed by atoms with Crippen molar-refractivity contribution in [1.29, 1.82) is 0 Å². The number of aliphatic hydroxyl groups excluding tert-OH is 1. The van der Waals surface area contributed by atoms with Gasteiger partial charge in [0.25, 0.3) is 5.19 Å². The summed E-state index contributed by atoms with van der Waals surface area (Å²) in [5, 5.41) is 17.8. The Bertz CT molecular complexity index is 305. The van der Waals surface area contributed by atoms with Gasteiger partial charge in [-0.25, -0.2) is 0 Å². The molecule has 3 N–H and O–H groups in total. The summed E-state index contributed by atoms with van der Waals surface area (Å²) >= 11 is 1.22. The van der Waals surface area contributed by atoms with Crippen molar-refractivity contribution in [2.24, 2.45) is 5.92 Å². The van der Waals surface area contributed by atoms with Gasteiger partial charge in [0.15, 0.2) is 0 Å². The molecule has 0 amide bonds. The average molecular weight is 215 g/mol. The minimum absolute atomic E-state index is 0.222. The van der Waals surface area contributed by atoms with Crippen molar-refractivity contribution in [3.05, 3.63) is 0 Å². The summed E-state index contributed by atoms with van der Waals surface area (Å²) in [5.41, 5.74) is 5.41. The molecule has 6 heteroatoms. The van der Waals surface area contributed by atoms with E-state index in [1.807, 2.05) is 0 Å². The predicted molar refractivity (Wildman–Crippen MR) is 53.2 cm³/mol. The number of rotatable bonds is 3. The summed E-state index contributed by atoms with van der Waals surface area (Å²) in [5.74, 6) is 0.236. The molecule has 14 heavy (non-hydrogen) atoms. The molecule has 0 aliphatic heterocycles. The van der Waals surface area contributed by atoms with Crippen LogP contribution in [0.15, 0.2) is 0 Å². The van der Waals surface area contributed by atoms with Crippen LogP contribution >= 0.6 is 11.3 Å². The Morgan fingerprint density at radius 2 is 2.36 bits per heavy atom. The van der Waals surface area contributed by atoms with Gasteiger partial charge >= 0.3 is 0 Å². The van der Waals surface area contributed by atoms with E-state index in [9.17, 15) is 5.11 Å². The third-order valence-corrected chi connectivity index (χ3v) is 3.13. The van der Waals surface area contributed by atoms with Gasteiger partial charge < -0.3 is 15.6 Å². The Balaban J connectivity index is 1.82. The monoisotopic (exact) mass is 215 g/mol. The highest BCUT2D eigenvalue weighted by Gasteiger charge is 2.25. The lowest BCUT2D eigenvalue weighted by Gasteiger charge is -2.13. The van der Waals surface area contributed by atoms with Crippen LogP contribution in [0.5, 0.6) is 5.19 Å². The second kappa shape index (κ2) is 4.10. The summed E-state index contributed by atoms with van der Waals surface area (Å²) in [6, 6.07) is 0. The van der Waals surface area contributed by atoms with Crippen LogP contribution in [0.2, 0.25) is 0 Å². The molecule has 0 unspecified atom stereocenters. The van der Waals surface area contributed by atoms with Crippen molar-refractivity contribution < 1.29 is 9.84 Å². The minimum Gasteiger partial charge on any atom is -0.469 e. The molecule has 0 saturated heterocycles. The van der Waals surface area contributed by atoms with Gasteiger partial charge in [-0.2, -0.15) is 0 Å². The third-order valence-electron chi connectivity index (χ3n) is 2.46. The van der Waals surface area contributed by atoms with E-state index in [0.29, 0.717) is 16.9 Å². The van der Waals surface area contributed by atoms with Crippen LogP contribution in [0.3, 0.4) is 0 Å². The summed E-state index contributed by atoms with van der Waals surface area (Å²) in [6.07, 6.45) is 2.76. The first-order chi connectivity index (χ1) is 6.75. The number of nitrogens with two attached hydrogens (primary N) is 1. The smallest absolute Gasteiger partial charge is 0.295 e. The first kappa shape index (κ1) is 9.67. The van der Waals surface area contributed by atoms with Crippen molar-refractivity contribution in [1.82, 2.24) is 10.2 Å². The summed E-state index contributed by atoms with van der Waals surface area (Å²) in [6.45, 7) is 0.510. The van der Waals surface area contributed by atoms with Crippen LogP contribution in [0.25, 0.3) is 0 Å². The number of nitrogen functional groups attached to an aromatic ring is 1. The van der Waals surface area contributed by atoms with E-state index in [-0.39, 0.29) is 12.0 Å². The fraction of sp³-hybridized carbons (Fsp3) is 0.750. The second-order valence-electron chi connectivity index (χ2n) is 3.48. The molecule has 78 valence electrons. The van der Waals surface area contributed by atoms with Crippen LogP contribution in [-0.2, 0) is 0 Å². The topological polar surface area (TPSA) is 81.3 Å². The molecule has 1 heterocycles. The highest BCUT2D eigenvalue weighted by Crippen LogP contribution is 2.27. The second-order valence-corrected chi connectivity index (χ2v) is 4.45. The molecule has 1 aliphatic carbocycles.